The lowest BCUT2D eigenvalue weighted by Gasteiger charge is -2.23. The van der Waals surface area contributed by atoms with Crippen LogP contribution >= 0.6 is 0 Å². The molecule has 0 radical (unpaired) electrons. The minimum Gasteiger partial charge on any atom is -0.496 e. The summed E-state index contributed by atoms with van der Waals surface area (Å²) < 4.78 is 21.6. The number of aromatic nitrogens is 3. The van der Waals surface area contributed by atoms with Crippen LogP contribution in [0, 0.1) is 11.7 Å². The molecule has 0 bridgehead atoms. The SMILES string of the molecule is COc1cccc(F)c1C1=NC(c2cnn(-c3cccc(NCC4CCCNC4)n3)c2)C=CN1. The lowest BCUT2D eigenvalue weighted by molar-refractivity contribution is 0.392. The van der Waals surface area contributed by atoms with Crippen molar-refractivity contribution in [2.45, 2.75) is 18.9 Å². The van der Waals surface area contributed by atoms with Gasteiger partial charge in [-0.25, -0.2) is 14.1 Å². The van der Waals surface area contributed by atoms with Crippen LogP contribution in [0.5, 0.6) is 5.75 Å². The second-order valence-corrected chi connectivity index (χ2v) is 8.44. The summed E-state index contributed by atoms with van der Waals surface area (Å²) in [6, 6.07) is 10.3. The van der Waals surface area contributed by atoms with E-state index in [2.05, 4.69) is 21.0 Å². The number of benzene rings is 1. The highest BCUT2D eigenvalue weighted by Gasteiger charge is 2.21. The van der Waals surface area contributed by atoms with Crippen molar-refractivity contribution in [3.05, 3.63) is 78.0 Å². The smallest absolute Gasteiger partial charge is 0.155 e. The fourth-order valence-corrected chi connectivity index (χ4v) is 4.28. The molecule has 2 atom stereocenters. The molecule has 1 aromatic carbocycles. The van der Waals surface area contributed by atoms with E-state index in [0.717, 1.165) is 36.8 Å². The van der Waals surface area contributed by atoms with Crippen LogP contribution in [0.25, 0.3) is 5.82 Å². The second-order valence-electron chi connectivity index (χ2n) is 8.44. The third-order valence-corrected chi connectivity index (χ3v) is 6.08. The van der Waals surface area contributed by atoms with Crippen LogP contribution in [0.4, 0.5) is 10.2 Å². The maximum absolute atomic E-state index is 14.5. The summed E-state index contributed by atoms with van der Waals surface area (Å²) in [5.41, 5.74) is 1.18. The van der Waals surface area contributed by atoms with Crippen LogP contribution in [0.15, 0.2) is 66.1 Å². The molecule has 2 aromatic heterocycles. The maximum Gasteiger partial charge on any atom is 0.155 e. The Balaban J connectivity index is 1.33. The molecule has 0 spiro atoms. The van der Waals surface area contributed by atoms with E-state index in [1.165, 1.54) is 26.0 Å². The summed E-state index contributed by atoms with van der Waals surface area (Å²) in [4.78, 5) is 9.42. The zero-order valence-electron chi connectivity index (χ0n) is 19.0. The van der Waals surface area contributed by atoms with E-state index in [4.69, 9.17) is 14.7 Å². The minimum absolute atomic E-state index is 0.306. The molecule has 34 heavy (non-hydrogen) atoms. The summed E-state index contributed by atoms with van der Waals surface area (Å²) >= 11 is 0. The molecule has 2 unspecified atom stereocenters. The number of ether oxygens (including phenoxy) is 1. The fourth-order valence-electron chi connectivity index (χ4n) is 4.28. The number of hydrogen-bond donors (Lipinski definition) is 3. The highest BCUT2D eigenvalue weighted by Crippen LogP contribution is 2.27. The normalized spacial score (nSPS) is 19.9. The number of rotatable bonds is 7. The van der Waals surface area contributed by atoms with Crippen molar-refractivity contribution in [3.63, 3.8) is 0 Å². The summed E-state index contributed by atoms with van der Waals surface area (Å²) in [5.74, 6) is 2.60. The standard InChI is InChI=1S/C25H28FN7O/c1-34-21-7-2-6-19(26)24(21)25-28-12-10-20(31-25)18-15-30-33(16-18)23-9-3-8-22(32-23)29-14-17-5-4-11-27-13-17/h2-3,6-10,12,15-17,20,27H,4-5,11,13-14H2,1H3,(H,28,31)(H,29,32). The minimum atomic E-state index is -0.395. The molecule has 0 aliphatic carbocycles. The molecule has 1 saturated heterocycles. The Bertz CT molecular complexity index is 1200. The van der Waals surface area contributed by atoms with Gasteiger partial charge in [0.05, 0.1) is 18.9 Å². The van der Waals surface area contributed by atoms with Crippen molar-refractivity contribution in [1.29, 1.82) is 0 Å². The summed E-state index contributed by atoms with van der Waals surface area (Å²) in [5, 5.41) is 14.4. The predicted octanol–water partition coefficient (Wildman–Crippen LogP) is 3.43. The molecule has 5 rings (SSSR count). The molecule has 8 nitrogen and oxygen atoms in total. The monoisotopic (exact) mass is 461 g/mol. The molecule has 0 amide bonds. The fraction of sp³-hybridized carbons (Fsp3) is 0.320. The summed E-state index contributed by atoms with van der Waals surface area (Å²) in [6.45, 7) is 3.04. The first kappa shape index (κ1) is 22.1. The lowest BCUT2D eigenvalue weighted by atomic mass is 10.00. The number of nitrogens with zero attached hydrogens (tertiary/aromatic N) is 4. The molecule has 3 N–H and O–H groups in total. The maximum atomic E-state index is 14.5. The Kier molecular flexibility index (Phi) is 6.53. The number of hydrogen-bond acceptors (Lipinski definition) is 7. The van der Waals surface area contributed by atoms with Crippen molar-refractivity contribution < 1.29 is 9.13 Å². The van der Waals surface area contributed by atoms with E-state index in [-0.39, 0.29) is 6.04 Å². The number of anilines is 1. The average Bonchev–Trinajstić information content (AvgIpc) is 3.39. The van der Waals surface area contributed by atoms with Gasteiger partial charge < -0.3 is 20.7 Å². The van der Waals surface area contributed by atoms with Gasteiger partial charge in [-0.15, -0.1) is 0 Å². The lowest BCUT2D eigenvalue weighted by Crippen LogP contribution is -2.33. The molecule has 2 aliphatic heterocycles. The largest absolute Gasteiger partial charge is 0.496 e. The van der Waals surface area contributed by atoms with Crippen LogP contribution in [0.3, 0.4) is 0 Å². The van der Waals surface area contributed by atoms with Gasteiger partial charge in [-0.2, -0.15) is 5.10 Å². The number of methoxy groups -OCH3 is 1. The summed E-state index contributed by atoms with van der Waals surface area (Å²) in [7, 11) is 1.51. The van der Waals surface area contributed by atoms with Crippen LogP contribution in [0.2, 0.25) is 0 Å². The van der Waals surface area contributed by atoms with Gasteiger partial charge >= 0.3 is 0 Å². The molecular weight excluding hydrogens is 433 g/mol. The Labute approximate surface area is 198 Å². The average molecular weight is 462 g/mol. The van der Waals surface area contributed by atoms with Gasteiger partial charge in [0.25, 0.3) is 0 Å². The van der Waals surface area contributed by atoms with Gasteiger partial charge in [0, 0.05) is 24.5 Å². The molecular formula is C25H28FN7O. The van der Waals surface area contributed by atoms with Crippen molar-refractivity contribution >= 4 is 11.7 Å². The van der Waals surface area contributed by atoms with Crippen LogP contribution in [-0.2, 0) is 0 Å². The second kappa shape index (κ2) is 10.0. The van der Waals surface area contributed by atoms with E-state index in [9.17, 15) is 4.39 Å². The third-order valence-electron chi connectivity index (χ3n) is 6.08. The van der Waals surface area contributed by atoms with E-state index in [1.807, 2.05) is 30.5 Å². The van der Waals surface area contributed by atoms with Crippen LogP contribution < -0.4 is 20.7 Å². The zero-order chi connectivity index (χ0) is 23.3. The molecule has 4 heterocycles. The highest BCUT2D eigenvalue weighted by atomic mass is 19.1. The summed E-state index contributed by atoms with van der Waals surface area (Å²) in [6.07, 6.45) is 9.77. The number of aliphatic imine (C=N–C) groups is 1. The van der Waals surface area contributed by atoms with Gasteiger partial charge in [-0.05, 0) is 62.2 Å². The van der Waals surface area contributed by atoms with Gasteiger partial charge in [0.2, 0.25) is 0 Å². The highest BCUT2D eigenvalue weighted by molar-refractivity contribution is 6.02. The predicted molar refractivity (Wildman–Crippen MR) is 130 cm³/mol. The number of pyridine rings is 1. The van der Waals surface area contributed by atoms with Crippen LogP contribution in [-0.4, -0.2) is 47.3 Å². The van der Waals surface area contributed by atoms with Gasteiger partial charge in [-0.3, -0.25) is 4.99 Å². The van der Waals surface area contributed by atoms with E-state index < -0.39 is 5.82 Å². The number of halogens is 1. The first-order valence-electron chi connectivity index (χ1n) is 11.5. The number of piperidine rings is 1. The van der Waals surface area contributed by atoms with E-state index >= 15 is 0 Å². The number of nitrogens with one attached hydrogen (secondary N) is 3. The zero-order valence-corrected chi connectivity index (χ0v) is 19.0. The Hall–Kier alpha value is -3.72. The van der Waals surface area contributed by atoms with Crippen molar-refractivity contribution in [2.24, 2.45) is 10.9 Å². The quantitative estimate of drug-likeness (QED) is 0.500. The topological polar surface area (TPSA) is 88.4 Å². The molecule has 1 fully saturated rings. The van der Waals surface area contributed by atoms with Crippen molar-refractivity contribution in [1.82, 2.24) is 25.4 Å². The molecule has 0 saturated carbocycles. The molecule has 176 valence electrons. The van der Waals surface area contributed by atoms with E-state index in [1.54, 1.807) is 29.2 Å². The first-order chi connectivity index (χ1) is 16.7. The van der Waals surface area contributed by atoms with Crippen LogP contribution in [0.1, 0.15) is 30.0 Å². The van der Waals surface area contributed by atoms with Gasteiger partial charge in [-0.1, -0.05) is 12.1 Å². The van der Waals surface area contributed by atoms with Gasteiger partial charge in [0.15, 0.2) is 5.82 Å². The molecule has 9 heteroatoms. The van der Waals surface area contributed by atoms with Crippen molar-refractivity contribution in [3.8, 4) is 11.6 Å². The Morgan fingerprint density at radius 1 is 1.24 bits per heavy atom. The Morgan fingerprint density at radius 2 is 2.15 bits per heavy atom. The van der Waals surface area contributed by atoms with Crippen molar-refractivity contribution in [2.75, 3.05) is 32.1 Å². The number of amidine groups is 1. The Morgan fingerprint density at radius 3 is 3.00 bits per heavy atom. The first-order valence-corrected chi connectivity index (χ1v) is 11.5. The molecule has 3 aromatic rings. The van der Waals surface area contributed by atoms with Gasteiger partial charge in [0.1, 0.15) is 29.3 Å². The molecule has 2 aliphatic rings. The van der Waals surface area contributed by atoms with E-state index in [0.29, 0.717) is 23.1 Å². The third kappa shape index (κ3) is 4.79.